The largest absolute Gasteiger partial charge is 0.481 e. The molecule has 0 atom stereocenters. The minimum Gasteiger partial charge on any atom is -0.481 e. The lowest BCUT2D eigenvalue weighted by Crippen LogP contribution is -2.20. The Hall–Kier alpha value is -1.13. The molecule has 0 aromatic carbocycles. The molecule has 0 aromatic rings. The van der Waals surface area contributed by atoms with Crippen LogP contribution in [-0.4, -0.2) is 30.6 Å². The van der Waals surface area contributed by atoms with Gasteiger partial charge in [0.25, 0.3) is 0 Å². The molecule has 0 amide bonds. The van der Waals surface area contributed by atoms with E-state index in [1.165, 1.54) is 0 Å². The van der Waals surface area contributed by atoms with Crippen LogP contribution in [-0.2, 0) is 14.3 Å². The molecule has 0 aromatic heterocycles. The SMILES string of the molecule is CC/C=C\CCCCOC(CCC(=O)O)OCCCC/C=C\CC. The average Bonchev–Trinajstić information content (AvgIpc) is 2.57. The van der Waals surface area contributed by atoms with Crippen LogP contribution in [0.15, 0.2) is 24.3 Å². The van der Waals surface area contributed by atoms with Crippen molar-refractivity contribution in [3.05, 3.63) is 24.3 Å². The summed E-state index contributed by atoms with van der Waals surface area (Å²) < 4.78 is 11.4. The van der Waals surface area contributed by atoms with Gasteiger partial charge in [-0.15, -0.1) is 0 Å². The van der Waals surface area contributed by atoms with E-state index in [0.29, 0.717) is 19.6 Å². The second kappa shape index (κ2) is 18.2. The van der Waals surface area contributed by atoms with E-state index in [4.69, 9.17) is 14.6 Å². The fourth-order valence-corrected chi connectivity index (χ4v) is 2.18. The lowest BCUT2D eigenvalue weighted by atomic mass is 10.2. The van der Waals surface area contributed by atoms with Crippen molar-refractivity contribution >= 4 is 5.97 Å². The number of carboxylic acid groups (broad SMARTS) is 1. The Bertz CT molecular complexity index is 313. The molecule has 0 rings (SSSR count). The van der Waals surface area contributed by atoms with Crippen molar-refractivity contribution in [1.29, 1.82) is 0 Å². The van der Waals surface area contributed by atoms with E-state index >= 15 is 0 Å². The van der Waals surface area contributed by atoms with Crippen molar-refractivity contribution in [1.82, 2.24) is 0 Å². The summed E-state index contributed by atoms with van der Waals surface area (Å²) in [5.41, 5.74) is 0. The Morgan fingerprint density at radius 2 is 1.38 bits per heavy atom. The third kappa shape index (κ3) is 17.2. The Balaban J connectivity index is 3.81. The third-order valence-corrected chi connectivity index (χ3v) is 3.54. The fourth-order valence-electron chi connectivity index (χ4n) is 2.18. The molecule has 0 unspecified atom stereocenters. The van der Waals surface area contributed by atoms with E-state index in [0.717, 1.165) is 51.4 Å². The van der Waals surface area contributed by atoms with Gasteiger partial charge in [-0.05, 0) is 51.4 Å². The van der Waals surface area contributed by atoms with Crippen molar-refractivity contribution < 1.29 is 19.4 Å². The number of rotatable bonds is 17. The number of ether oxygens (including phenoxy) is 2. The first-order chi connectivity index (χ1) is 11.7. The van der Waals surface area contributed by atoms with E-state index in [1.54, 1.807) is 0 Å². The van der Waals surface area contributed by atoms with Gasteiger partial charge in [0.1, 0.15) is 0 Å². The Labute approximate surface area is 147 Å². The normalized spacial score (nSPS) is 12.0. The van der Waals surface area contributed by atoms with Crippen molar-refractivity contribution in [3.8, 4) is 0 Å². The number of allylic oxidation sites excluding steroid dienone is 4. The number of carbonyl (C=O) groups is 1. The van der Waals surface area contributed by atoms with E-state index in [2.05, 4.69) is 38.2 Å². The number of unbranched alkanes of at least 4 members (excludes halogenated alkanes) is 4. The summed E-state index contributed by atoms with van der Waals surface area (Å²) in [5.74, 6) is -0.804. The third-order valence-electron chi connectivity index (χ3n) is 3.54. The maximum absolute atomic E-state index is 10.7. The number of carboxylic acids is 1. The predicted octanol–water partition coefficient (Wildman–Crippen LogP) is 5.48. The van der Waals surface area contributed by atoms with Crippen LogP contribution in [0, 0.1) is 0 Å². The summed E-state index contributed by atoms with van der Waals surface area (Å²) >= 11 is 0. The van der Waals surface area contributed by atoms with Gasteiger partial charge in [-0.2, -0.15) is 0 Å². The summed E-state index contributed by atoms with van der Waals surface area (Å²) in [4.78, 5) is 10.7. The van der Waals surface area contributed by atoms with Crippen LogP contribution in [0.2, 0.25) is 0 Å². The number of aliphatic carboxylic acids is 1. The maximum atomic E-state index is 10.7. The summed E-state index contributed by atoms with van der Waals surface area (Å²) in [5, 5.41) is 8.82. The van der Waals surface area contributed by atoms with E-state index < -0.39 is 12.3 Å². The fraction of sp³-hybridized carbons (Fsp3) is 0.750. The first kappa shape index (κ1) is 22.9. The first-order valence-corrected chi connectivity index (χ1v) is 9.45. The summed E-state index contributed by atoms with van der Waals surface area (Å²) in [6, 6.07) is 0. The molecule has 4 nitrogen and oxygen atoms in total. The van der Waals surface area contributed by atoms with Crippen LogP contribution in [0.4, 0.5) is 0 Å². The average molecular weight is 341 g/mol. The summed E-state index contributed by atoms with van der Waals surface area (Å²) in [6.45, 7) is 5.52. The van der Waals surface area contributed by atoms with Crippen molar-refractivity contribution in [2.24, 2.45) is 0 Å². The molecule has 0 bridgehead atoms. The molecule has 0 aliphatic rings. The van der Waals surface area contributed by atoms with Gasteiger partial charge >= 0.3 is 5.97 Å². The topological polar surface area (TPSA) is 55.8 Å². The molecule has 0 radical (unpaired) electrons. The predicted molar refractivity (Wildman–Crippen MR) is 99.1 cm³/mol. The van der Waals surface area contributed by atoms with Crippen LogP contribution >= 0.6 is 0 Å². The van der Waals surface area contributed by atoms with Gasteiger partial charge in [-0.25, -0.2) is 0 Å². The van der Waals surface area contributed by atoms with E-state index in [9.17, 15) is 4.79 Å². The van der Waals surface area contributed by atoms with Gasteiger partial charge in [0, 0.05) is 19.6 Å². The van der Waals surface area contributed by atoms with Crippen LogP contribution in [0.5, 0.6) is 0 Å². The molecule has 0 saturated heterocycles. The van der Waals surface area contributed by atoms with Crippen molar-refractivity contribution in [2.75, 3.05) is 13.2 Å². The molecule has 4 heteroatoms. The Kier molecular flexibility index (Phi) is 17.4. The van der Waals surface area contributed by atoms with Crippen LogP contribution in [0.1, 0.15) is 78.1 Å². The first-order valence-electron chi connectivity index (χ1n) is 9.45. The molecule has 0 aliphatic carbocycles. The zero-order valence-corrected chi connectivity index (χ0v) is 15.5. The second-order valence-electron chi connectivity index (χ2n) is 5.85. The van der Waals surface area contributed by atoms with Gasteiger partial charge < -0.3 is 14.6 Å². The molecular weight excluding hydrogens is 304 g/mol. The van der Waals surface area contributed by atoms with E-state index in [-0.39, 0.29) is 6.42 Å². The van der Waals surface area contributed by atoms with E-state index in [1.807, 2.05) is 0 Å². The van der Waals surface area contributed by atoms with Gasteiger partial charge in [-0.3, -0.25) is 4.79 Å². The zero-order valence-electron chi connectivity index (χ0n) is 15.5. The molecule has 1 N–H and O–H groups in total. The molecule has 140 valence electrons. The molecule has 24 heavy (non-hydrogen) atoms. The van der Waals surface area contributed by atoms with Crippen molar-refractivity contribution in [2.45, 2.75) is 84.3 Å². The van der Waals surface area contributed by atoms with Gasteiger partial charge in [-0.1, -0.05) is 38.2 Å². The Morgan fingerprint density at radius 3 is 1.79 bits per heavy atom. The smallest absolute Gasteiger partial charge is 0.303 e. The number of hydrogen-bond acceptors (Lipinski definition) is 3. The van der Waals surface area contributed by atoms with Crippen LogP contribution in [0.3, 0.4) is 0 Å². The lowest BCUT2D eigenvalue weighted by Gasteiger charge is -2.18. The van der Waals surface area contributed by atoms with Gasteiger partial charge in [0.05, 0.1) is 6.42 Å². The number of hydrogen-bond donors (Lipinski definition) is 1. The minimum atomic E-state index is -0.804. The highest BCUT2D eigenvalue weighted by molar-refractivity contribution is 5.66. The molecule has 0 aliphatic heterocycles. The monoisotopic (exact) mass is 340 g/mol. The molecule has 0 spiro atoms. The second-order valence-corrected chi connectivity index (χ2v) is 5.85. The quantitative estimate of drug-likeness (QED) is 0.216. The van der Waals surface area contributed by atoms with Gasteiger partial charge in [0.15, 0.2) is 6.29 Å². The van der Waals surface area contributed by atoms with Crippen LogP contribution in [0.25, 0.3) is 0 Å². The standard InChI is InChI=1S/C20H36O4/c1-3-5-7-9-11-13-17-23-20(16-15-19(21)22)24-18-14-12-10-8-6-4-2/h5-8,20H,3-4,9-18H2,1-2H3,(H,21,22)/b7-5-,8-6-. The summed E-state index contributed by atoms with van der Waals surface area (Å²) in [6.07, 6.45) is 17.3. The molecule has 0 heterocycles. The highest BCUT2D eigenvalue weighted by Crippen LogP contribution is 2.09. The molecule has 0 saturated carbocycles. The zero-order chi connectivity index (χ0) is 17.9. The molecule has 0 fully saturated rings. The Morgan fingerprint density at radius 1 is 0.875 bits per heavy atom. The maximum Gasteiger partial charge on any atom is 0.303 e. The van der Waals surface area contributed by atoms with Gasteiger partial charge in [0.2, 0.25) is 0 Å². The highest BCUT2D eigenvalue weighted by Gasteiger charge is 2.11. The van der Waals surface area contributed by atoms with Crippen molar-refractivity contribution in [3.63, 3.8) is 0 Å². The highest BCUT2D eigenvalue weighted by atomic mass is 16.7. The lowest BCUT2D eigenvalue weighted by molar-refractivity contribution is -0.156. The summed E-state index contributed by atoms with van der Waals surface area (Å²) in [7, 11) is 0. The molecular formula is C20H36O4. The minimum absolute atomic E-state index is 0.0865. The van der Waals surface area contributed by atoms with Crippen LogP contribution < -0.4 is 0 Å².